The van der Waals surface area contributed by atoms with E-state index in [1.807, 2.05) is 13.8 Å². The molecule has 0 spiro atoms. The van der Waals surface area contributed by atoms with Crippen molar-refractivity contribution in [2.45, 2.75) is 26.3 Å². The zero-order valence-electron chi connectivity index (χ0n) is 13.9. The SMILES string of the molecule is Cc1on(C(C)(C)c2cc(Cl)cc(Cl)c2)c(=O)c1-c1ccc(F)cc1. The molecule has 1 aromatic heterocycles. The molecule has 0 radical (unpaired) electrons. The van der Waals surface area contributed by atoms with E-state index in [-0.39, 0.29) is 11.4 Å². The monoisotopic (exact) mass is 379 g/mol. The Morgan fingerprint density at radius 1 is 1.04 bits per heavy atom. The number of aromatic nitrogens is 1. The largest absolute Gasteiger partial charge is 0.380 e. The van der Waals surface area contributed by atoms with E-state index in [1.165, 1.54) is 16.9 Å². The van der Waals surface area contributed by atoms with Gasteiger partial charge in [0.1, 0.15) is 17.1 Å². The van der Waals surface area contributed by atoms with E-state index < -0.39 is 5.54 Å². The third kappa shape index (κ3) is 3.24. The van der Waals surface area contributed by atoms with Crippen LogP contribution in [0.5, 0.6) is 0 Å². The first-order chi connectivity index (χ1) is 11.7. The van der Waals surface area contributed by atoms with Crippen LogP contribution in [0.15, 0.2) is 51.8 Å². The lowest BCUT2D eigenvalue weighted by Gasteiger charge is -2.25. The molecule has 0 aliphatic carbocycles. The maximum atomic E-state index is 13.2. The molecule has 0 saturated heterocycles. The van der Waals surface area contributed by atoms with E-state index in [0.717, 1.165) is 5.56 Å². The second-order valence-corrected chi connectivity index (χ2v) is 7.22. The number of nitrogens with zero attached hydrogens (tertiary/aromatic N) is 1. The van der Waals surface area contributed by atoms with Crippen LogP contribution in [0.25, 0.3) is 11.1 Å². The molecule has 0 atom stereocenters. The van der Waals surface area contributed by atoms with Gasteiger partial charge in [-0.05, 0) is 62.2 Å². The average Bonchev–Trinajstić information content (AvgIpc) is 2.83. The van der Waals surface area contributed by atoms with E-state index in [1.54, 1.807) is 37.3 Å². The molecule has 2 aromatic carbocycles. The van der Waals surface area contributed by atoms with Crippen LogP contribution >= 0.6 is 23.2 Å². The summed E-state index contributed by atoms with van der Waals surface area (Å²) in [7, 11) is 0. The molecule has 0 aliphatic heterocycles. The Bertz CT molecular complexity index is 967. The van der Waals surface area contributed by atoms with Crippen LogP contribution in [0, 0.1) is 12.7 Å². The fourth-order valence-corrected chi connectivity index (χ4v) is 3.34. The highest BCUT2D eigenvalue weighted by molar-refractivity contribution is 6.34. The molecular formula is C19H16Cl2FNO2. The molecule has 0 bridgehead atoms. The molecule has 0 aliphatic rings. The van der Waals surface area contributed by atoms with Crippen LogP contribution in [0.4, 0.5) is 4.39 Å². The molecule has 3 nitrogen and oxygen atoms in total. The van der Waals surface area contributed by atoms with Crippen molar-refractivity contribution in [1.82, 2.24) is 4.74 Å². The van der Waals surface area contributed by atoms with Crippen LogP contribution in [0.3, 0.4) is 0 Å². The van der Waals surface area contributed by atoms with Gasteiger partial charge in [0.05, 0.1) is 5.56 Å². The predicted octanol–water partition coefficient (Wildman–Crippen LogP) is 5.65. The van der Waals surface area contributed by atoms with Crippen molar-refractivity contribution in [1.29, 1.82) is 0 Å². The highest BCUT2D eigenvalue weighted by Crippen LogP contribution is 2.31. The first kappa shape index (κ1) is 17.8. The third-order valence-corrected chi connectivity index (χ3v) is 4.62. The van der Waals surface area contributed by atoms with Gasteiger partial charge in [0.2, 0.25) is 0 Å². The molecule has 3 rings (SSSR count). The summed E-state index contributed by atoms with van der Waals surface area (Å²) in [5.74, 6) is 0.0944. The number of hydrogen-bond acceptors (Lipinski definition) is 2. The molecule has 3 aromatic rings. The first-order valence-electron chi connectivity index (χ1n) is 7.66. The van der Waals surface area contributed by atoms with Crippen molar-refractivity contribution in [3.8, 4) is 11.1 Å². The number of halogens is 3. The summed E-state index contributed by atoms with van der Waals surface area (Å²) in [5, 5.41) is 0.955. The van der Waals surface area contributed by atoms with Gasteiger partial charge in [0.15, 0.2) is 0 Å². The van der Waals surface area contributed by atoms with Crippen LogP contribution in [-0.4, -0.2) is 4.74 Å². The van der Waals surface area contributed by atoms with E-state index in [0.29, 0.717) is 26.9 Å². The minimum Gasteiger partial charge on any atom is -0.380 e. The fourth-order valence-electron chi connectivity index (χ4n) is 2.81. The van der Waals surface area contributed by atoms with Gasteiger partial charge < -0.3 is 4.52 Å². The van der Waals surface area contributed by atoms with Gasteiger partial charge in [-0.3, -0.25) is 4.79 Å². The van der Waals surface area contributed by atoms with Crippen molar-refractivity contribution in [3.05, 3.63) is 80.0 Å². The summed E-state index contributed by atoms with van der Waals surface area (Å²) in [6.45, 7) is 5.39. The zero-order chi connectivity index (χ0) is 18.4. The van der Waals surface area contributed by atoms with Crippen molar-refractivity contribution in [2.24, 2.45) is 0 Å². The minimum absolute atomic E-state index is 0.301. The fraction of sp³-hybridized carbons (Fsp3) is 0.211. The topological polar surface area (TPSA) is 35.1 Å². The van der Waals surface area contributed by atoms with Gasteiger partial charge in [0.25, 0.3) is 5.56 Å². The Morgan fingerprint density at radius 3 is 2.16 bits per heavy atom. The molecule has 0 unspecified atom stereocenters. The normalized spacial score (nSPS) is 11.8. The second-order valence-electron chi connectivity index (χ2n) is 6.35. The summed E-state index contributed by atoms with van der Waals surface area (Å²) in [6, 6.07) is 10.9. The Labute approximate surface area is 154 Å². The van der Waals surface area contributed by atoms with Crippen LogP contribution < -0.4 is 5.56 Å². The average molecular weight is 380 g/mol. The Kier molecular flexibility index (Phi) is 4.52. The van der Waals surface area contributed by atoms with Gasteiger partial charge in [-0.25, -0.2) is 4.39 Å². The summed E-state index contributed by atoms with van der Waals surface area (Å²) in [4.78, 5) is 13.0. The van der Waals surface area contributed by atoms with Crippen molar-refractivity contribution >= 4 is 23.2 Å². The van der Waals surface area contributed by atoms with Gasteiger partial charge in [-0.2, -0.15) is 4.74 Å². The van der Waals surface area contributed by atoms with Crippen LogP contribution in [0.1, 0.15) is 25.2 Å². The Hall–Kier alpha value is -2.04. The van der Waals surface area contributed by atoms with Gasteiger partial charge in [0, 0.05) is 10.0 Å². The van der Waals surface area contributed by atoms with Gasteiger partial charge in [-0.15, -0.1) is 0 Å². The summed E-state index contributed by atoms with van der Waals surface area (Å²) >= 11 is 12.2. The first-order valence-corrected chi connectivity index (χ1v) is 8.41. The molecule has 0 amide bonds. The van der Waals surface area contributed by atoms with Crippen molar-refractivity contribution in [2.75, 3.05) is 0 Å². The summed E-state index contributed by atoms with van der Waals surface area (Å²) < 4.78 is 20.2. The van der Waals surface area contributed by atoms with Crippen LogP contribution in [-0.2, 0) is 5.54 Å². The molecule has 6 heteroatoms. The van der Waals surface area contributed by atoms with Gasteiger partial charge >= 0.3 is 0 Å². The number of rotatable bonds is 3. The van der Waals surface area contributed by atoms with E-state index in [4.69, 9.17) is 27.7 Å². The minimum atomic E-state index is -0.811. The molecule has 0 N–H and O–H groups in total. The quantitative estimate of drug-likeness (QED) is 0.589. The van der Waals surface area contributed by atoms with E-state index >= 15 is 0 Å². The summed E-state index contributed by atoms with van der Waals surface area (Å²) in [6.07, 6.45) is 0. The predicted molar refractivity (Wildman–Crippen MR) is 98.0 cm³/mol. The van der Waals surface area contributed by atoms with E-state index in [9.17, 15) is 9.18 Å². The lowest BCUT2D eigenvalue weighted by atomic mass is 9.94. The lowest BCUT2D eigenvalue weighted by molar-refractivity contribution is 0.166. The molecular weight excluding hydrogens is 364 g/mol. The summed E-state index contributed by atoms with van der Waals surface area (Å²) in [5.41, 5.74) is 0.638. The third-order valence-electron chi connectivity index (χ3n) is 4.19. The number of hydrogen-bond donors (Lipinski definition) is 0. The molecule has 130 valence electrons. The number of aryl methyl sites for hydroxylation is 1. The number of benzene rings is 2. The highest BCUT2D eigenvalue weighted by Gasteiger charge is 2.30. The Morgan fingerprint density at radius 2 is 1.60 bits per heavy atom. The van der Waals surface area contributed by atoms with Crippen LogP contribution in [0.2, 0.25) is 10.0 Å². The molecule has 25 heavy (non-hydrogen) atoms. The smallest absolute Gasteiger partial charge is 0.291 e. The van der Waals surface area contributed by atoms with E-state index in [2.05, 4.69) is 0 Å². The van der Waals surface area contributed by atoms with Crippen molar-refractivity contribution in [3.63, 3.8) is 0 Å². The molecule has 0 saturated carbocycles. The highest BCUT2D eigenvalue weighted by atomic mass is 35.5. The molecule has 0 fully saturated rings. The maximum Gasteiger partial charge on any atom is 0.291 e. The lowest BCUT2D eigenvalue weighted by Crippen LogP contribution is -2.35. The van der Waals surface area contributed by atoms with Gasteiger partial charge in [-0.1, -0.05) is 35.3 Å². The van der Waals surface area contributed by atoms with Crippen molar-refractivity contribution < 1.29 is 8.91 Å². The maximum absolute atomic E-state index is 13.2. The Balaban J connectivity index is 2.16. The second kappa shape index (κ2) is 6.36. The zero-order valence-corrected chi connectivity index (χ0v) is 15.5. The standard InChI is InChI=1S/C19H16Cl2FNO2/c1-11-17(12-4-6-16(22)7-5-12)18(24)23(25-11)19(2,3)13-8-14(20)10-15(21)9-13/h4-10H,1-3H3. The molecule has 1 heterocycles.